The summed E-state index contributed by atoms with van der Waals surface area (Å²) in [5.41, 5.74) is 1.75. The first-order valence-electron chi connectivity index (χ1n) is 9.07. The molecule has 1 aromatic carbocycles. The summed E-state index contributed by atoms with van der Waals surface area (Å²) >= 11 is 0. The van der Waals surface area contributed by atoms with Gasteiger partial charge >= 0.3 is 0 Å². The van der Waals surface area contributed by atoms with Crippen molar-refractivity contribution in [3.8, 4) is 5.75 Å². The predicted octanol–water partition coefficient (Wildman–Crippen LogP) is 2.05. The molecule has 136 valence electrons. The van der Waals surface area contributed by atoms with E-state index in [2.05, 4.69) is 34.0 Å². The second kappa shape index (κ2) is 7.03. The third kappa shape index (κ3) is 3.05. The van der Waals surface area contributed by atoms with Gasteiger partial charge in [-0.2, -0.15) is 0 Å². The van der Waals surface area contributed by atoms with Crippen LogP contribution in [-0.4, -0.2) is 65.5 Å². The van der Waals surface area contributed by atoms with Crippen molar-refractivity contribution in [3.05, 3.63) is 54.1 Å². The van der Waals surface area contributed by atoms with Crippen LogP contribution in [0.5, 0.6) is 5.75 Å². The molecule has 1 aromatic heterocycles. The maximum absolute atomic E-state index is 12.8. The van der Waals surface area contributed by atoms with Crippen molar-refractivity contribution in [1.82, 2.24) is 19.8 Å². The van der Waals surface area contributed by atoms with Crippen LogP contribution < -0.4 is 4.74 Å². The summed E-state index contributed by atoms with van der Waals surface area (Å²) in [4.78, 5) is 25.4. The Labute approximate surface area is 153 Å². The molecule has 0 radical (unpaired) electrons. The van der Waals surface area contributed by atoms with Crippen molar-refractivity contribution in [2.45, 2.75) is 18.4 Å². The number of hydrogen-bond acceptors (Lipinski definition) is 5. The SMILES string of the molecule is COc1ccc([C@H]2CN(C)[C@@H]3CCN(C(=O)c4cnccn4)C[C@H]23)cc1. The molecule has 2 aliphatic rings. The second-order valence-electron chi connectivity index (χ2n) is 7.18. The number of likely N-dealkylation sites (N-methyl/N-ethyl adjacent to an activating group) is 1. The van der Waals surface area contributed by atoms with E-state index in [1.54, 1.807) is 25.7 Å². The fourth-order valence-corrected chi connectivity index (χ4v) is 4.45. The van der Waals surface area contributed by atoms with Crippen LogP contribution in [-0.2, 0) is 0 Å². The van der Waals surface area contributed by atoms with Gasteiger partial charge < -0.3 is 14.5 Å². The van der Waals surface area contributed by atoms with Crippen molar-refractivity contribution in [2.24, 2.45) is 5.92 Å². The summed E-state index contributed by atoms with van der Waals surface area (Å²) in [6.07, 6.45) is 5.72. The van der Waals surface area contributed by atoms with Gasteiger partial charge in [0, 0.05) is 49.9 Å². The third-order valence-electron chi connectivity index (χ3n) is 5.80. The summed E-state index contributed by atoms with van der Waals surface area (Å²) in [7, 11) is 3.88. The van der Waals surface area contributed by atoms with Crippen LogP contribution in [0.4, 0.5) is 0 Å². The van der Waals surface area contributed by atoms with Gasteiger partial charge in [-0.1, -0.05) is 12.1 Å². The lowest BCUT2D eigenvalue weighted by Gasteiger charge is -2.38. The number of amides is 1. The minimum absolute atomic E-state index is 0.0143. The monoisotopic (exact) mass is 352 g/mol. The van der Waals surface area contributed by atoms with E-state index in [9.17, 15) is 4.79 Å². The third-order valence-corrected chi connectivity index (χ3v) is 5.80. The molecule has 0 aliphatic carbocycles. The molecule has 6 heteroatoms. The average molecular weight is 352 g/mol. The van der Waals surface area contributed by atoms with Gasteiger partial charge in [0.2, 0.25) is 0 Å². The minimum Gasteiger partial charge on any atom is -0.497 e. The van der Waals surface area contributed by atoms with Crippen LogP contribution in [0.2, 0.25) is 0 Å². The number of fused-ring (bicyclic) bond motifs is 1. The smallest absolute Gasteiger partial charge is 0.274 e. The van der Waals surface area contributed by atoms with Gasteiger partial charge in [-0.05, 0) is 31.2 Å². The van der Waals surface area contributed by atoms with Gasteiger partial charge in [-0.15, -0.1) is 0 Å². The number of nitrogens with zero attached hydrogens (tertiary/aromatic N) is 4. The Balaban J connectivity index is 1.54. The Morgan fingerprint density at radius 3 is 2.69 bits per heavy atom. The molecule has 2 aromatic rings. The number of rotatable bonds is 3. The van der Waals surface area contributed by atoms with E-state index in [0.717, 1.165) is 31.8 Å². The van der Waals surface area contributed by atoms with E-state index in [0.29, 0.717) is 23.6 Å². The lowest BCUT2D eigenvalue weighted by atomic mass is 9.81. The molecule has 0 N–H and O–H groups in total. The maximum Gasteiger partial charge on any atom is 0.274 e. The molecule has 6 nitrogen and oxygen atoms in total. The van der Waals surface area contributed by atoms with Crippen molar-refractivity contribution in [3.63, 3.8) is 0 Å². The van der Waals surface area contributed by atoms with E-state index in [1.807, 2.05) is 17.0 Å². The molecule has 26 heavy (non-hydrogen) atoms. The number of aromatic nitrogens is 2. The fourth-order valence-electron chi connectivity index (χ4n) is 4.45. The van der Waals surface area contributed by atoms with E-state index >= 15 is 0 Å². The molecule has 0 saturated carbocycles. The molecule has 3 atom stereocenters. The molecular weight excluding hydrogens is 328 g/mol. The molecule has 0 unspecified atom stereocenters. The average Bonchev–Trinajstić information content (AvgIpc) is 3.04. The van der Waals surface area contributed by atoms with Crippen molar-refractivity contribution < 1.29 is 9.53 Å². The highest BCUT2D eigenvalue weighted by molar-refractivity contribution is 5.92. The number of ether oxygens (including phenoxy) is 1. The van der Waals surface area contributed by atoms with E-state index in [1.165, 1.54) is 5.56 Å². The Hall–Kier alpha value is -2.47. The molecule has 3 heterocycles. The second-order valence-corrected chi connectivity index (χ2v) is 7.18. The Bertz CT molecular complexity index is 765. The number of piperidine rings is 1. The lowest BCUT2D eigenvalue weighted by molar-refractivity contribution is 0.0601. The lowest BCUT2D eigenvalue weighted by Crippen LogP contribution is -2.48. The summed E-state index contributed by atoms with van der Waals surface area (Å²) in [5, 5.41) is 0. The number of carbonyl (C=O) groups excluding carboxylic acids is 1. The molecule has 0 bridgehead atoms. The first-order valence-corrected chi connectivity index (χ1v) is 9.07. The quantitative estimate of drug-likeness (QED) is 0.846. The van der Waals surface area contributed by atoms with Crippen molar-refractivity contribution in [1.29, 1.82) is 0 Å². The summed E-state index contributed by atoms with van der Waals surface area (Å²) in [6, 6.07) is 8.88. The number of carbonyl (C=O) groups is 1. The molecule has 1 amide bonds. The van der Waals surface area contributed by atoms with Gasteiger partial charge in [0.25, 0.3) is 5.91 Å². The first-order chi connectivity index (χ1) is 12.7. The van der Waals surface area contributed by atoms with Crippen LogP contribution in [0, 0.1) is 5.92 Å². The van der Waals surface area contributed by atoms with Gasteiger partial charge in [0.05, 0.1) is 13.3 Å². The Kier molecular flexibility index (Phi) is 4.59. The van der Waals surface area contributed by atoms with Gasteiger partial charge in [-0.3, -0.25) is 9.78 Å². The van der Waals surface area contributed by atoms with Crippen LogP contribution in [0.1, 0.15) is 28.4 Å². The number of likely N-dealkylation sites (tertiary alicyclic amines) is 2. The molecule has 2 aliphatic heterocycles. The summed E-state index contributed by atoms with van der Waals surface area (Å²) in [6.45, 7) is 2.56. The number of methoxy groups -OCH3 is 1. The number of benzene rings is 1. The first kappa shape index (κ1) is 17.0. The van der Waals surface area contributed by atoms with E-state index in [-0.39, 0.29) is 5.91 Å². The molecular formula is C20H24N4O2. The zero-order chi connectivity index (χ0) is 18.1. The Morgan fingerprint density at radius 1 is 1.19 bits per heavy atom. The molecule has 2 saturated heterocycles. The molecule has 2 fully saturated rings. The number of hydrogen-bond donors (Lipinski definition) is 0. The van der Waals surface area contributed by atoms with Gasteiger partial charge in [0.15, 0.2) is 0 Å². The summed E-state index contributed by atoms with van der Waals surface area (Å²) in [5.74, 6) is 1.72. The van der Waals surface area contributed by atoms with Crippen LogP contribution >= 0.6 is 0 Å². The highest BCUT2D eigenvalue weighted by Crippen LogP contribution is 2.41. The van der Waals surface area contributed by atoms with E-state index in [4.69, 9.17) is 4.74 Å². The van der Waals surface area contributed by atoms with Gasteiger partial charge in [-0.25, -0.2) is 4.98 Å². The fraction of sp³-hybridized carbons (Fsp3) is 0.450. The standard InChI is InChI=1S/C20H24N4O2/c1-23-12-16(14-3-5-15(26-2)6-4-14)17-13-24(10-7-19(17)23)20(25)18-11-21-8-9-22-18/h3-6,8-9,11,16-17,19H,7,10,12-13H2,1-2H3/t16-,17-,19-/m1/s1. The molecule has 4 rings (SSSR count). The highest BCUT2D eigenvalue weighted by atomic mass is 16.5. The van der Waals surface area contributed by atoms with Gasteiger partial charge in [0.1, 0.15) is 11.4 Å². The summed E-state index contributed by atoms with van der Waals surface area (Å²) < 4.78 is 5.28. The van der Waals surface area contributed by atoms with Crippen LogP contribution in [0.3, 0.4) is 0 Å². The molecule has 0 spiro atoms. The maximum atomic E-state index is 12.8. The zero-order valence-electron chi connectivity index (χ0n) is 15.2. The Morgan fingerprint density at radius 2 is 2.00 bits per heavy atom. The highest BCUT2D eigenvalue weighted by Gasteiger charge is 2.44. The minimum atomic E-state index is -0.0143. The zero-order valence-corrected chi connectivity index (χ0v) is 15.2. The van der Waals surface area contributed by atoms with Crippen molar-refractivity contribution >= 4 is 5.91 Å². The van der Waals surface area contributed by atoms with Crippen LogP contribution in [0.15, 0.2) is 42.9 Å². The topological polar surface area (TPSA) is 58.6 Å². The van der Waals surface area contributed by atoms with Crippen LogP contribution in [0.25, 0.3) is 0 Å². The van der Waals surface area contributed by atoms with E-state index < -0.39 is 0 Å². The predicted molar refractivity (Wildman–Crippen MR) is 98.2 cm³/mol. The normalized spacial score (nSPS) is 25.8. The van der Waals surface area contributed by atoms with Crippen molar-refractivity contribution in [2.75, 3.05) is 33.8 Å². The largest absolute Gasteiger partial charge is 0.497 e.